The van der Waals surface area contributed by atoms with Gasteiger partial charge in [0.1, 0.15) is 0 Å². The number of benzene rings is 1. The lowest BCUT2D eigenvalue weighted by Gasteiger charge is -2.34. The van der Waals surface area contributed by atoms with E-state index in [-0.39, 0.29) is 0 Å². The van der Waals surface area contributed by atoms with Crippen LogP contribution in [0.2, 0.25) is 0 Å². The van der Waals surface area contributed by atoms with Gasteiger partial charge in [-0.15, -0.1) is 0 Å². The fourth-order valence-corrected chi connectivity index (χ4v) is 3.83. The highest BCUT2D eigenvalue weighted by atomic mass is 15.3. The van der Waals surface area contributed by atoms with Gasteiger partial charge in [-0.05, 0) is 24.1 Å². The van der Waals surface area contributed by atoms with E-state index in [1.807, 2.05) is 13.1 Å². The molecule has 1 saturated heterocycles. The molecule has 1 aliphatic heterocycles. The number of anilines is 1. The Kier molecular flexibility index (Phi) is 6.76. The summed E-state index contributed by atoms with van der Waals surface area (Å²) in [6.07, 6.45) is 6.66. The molecule has 3 aromatic rings. The summed E-state index contributed by atoms with van der Waals surface area (Å²) in [6, 6.07) is 10.3. The summed E-state index contributed by atoms with van der Waals surface area (Å²) >= 11 is 0. The van der Waals surface area contributed by atoms with Crippen molar-refractivity contribution in [1.29, 1.82) is 0 Å². The number of aromatic nitrogens is 3. The maximum atomic E-state index is 4.35. The van der Waals surface area contributed by atoms with Crippen LogP contribution in [0.25, 0.3) is 10.9 Å². The number of rotatable bonds is 7. The second kappa shape index (κ2) is 10.1. The van der Waals surface area contributed by atoms with Crippen molar-refractivity contribution in [2.24, 2.45) is 4.99 Å². The van der Waals surface area contributed by atoms with E-state index in [2.05, 4.69) is 70.8 Å². The fourth-order valence-electron chi connectivity index (χ4n) is 3.83. The number of nitrogens with zero attached hydrogens (tertiary/aromatic N) is 5. The van der Waals surface area contributed by atoms with Gasteiger partial charge in [0.25, 0.3) is 0 Å². The van der Waals surface area contributed by atoms with Gasteiger partial charge in [0, 0.05) is 82.4 Å². The first-order valence-corrected chi connectivity index (χ1v) is 10.6. The third kappa shape index (κ3) is 5.07. The predicted octanol–water partition coefficient (Wildman–Crippen LogP) is 1.49. The molecule has 0 atom stereocenters. The lowest BCUT2D eigenvalue weighted by atomic mass is 10.1. The van der Waals surface area contributed by atoms with E-state index in [1.54, 1.807) is 12.4 Å². The Labute approximate surface area is 177 Å². The molecule has 4 rings (SSSR count). The Morgan fingerprint density at radius 2 is 1.80 bits per heavy atom. The van der Waals surface area contributed by atoms with Crippen LogP contribution in [-0.4, -0.2) is 78.7 Å². The number of para-hydroxylation sites is 1. The standard InChI is InChI=1S/C22H30N8/c1-23-21(24-10-7-18-17-28-20-6-3-2-5-19(18)20)25-11-12-29-13-15-30(16-14-29)22-26-8-4-9-27-22/h2-6,8-9,17,28H,7,10-16H2,1H3,(H2,23,24,25). The Hall–Kier alpha value is -3.13. The first-order chi connectivity index (χ1) is 14.8. The first kappa shape index (κ1) is 20.2. The third-order valence-corrected chi connectivity index (χ3v) is 5.51. The van der Waals surface area contributed by atoms with Crippen LogP contribution in [0.15, 0.2) is 53.9 Å². The Bertz CT molecular complexity index is 944. The summed E-state index contributed by atoms with van der Waals surface area (Å²) in [5.41, 5.74) is 2.52. The van der Waals surface area contributed by atoms with Gasteiger partial charge in [0.05, 0.1) is 0 Å². The van der Waals surface area contributed by atoms with Crippen molar-refractivity contribution >= 4 is 22.8 Å². The zero-order valence-electron chi connectivity index (χ0n) is 17.5. The summed E-state index contributed by atoms with van der Waals surface area (Å²) in [5.74, 6) is 1.68. The van der Waals surface area contributed by atoms with Crippen LogP contribution in [0, 0.1) is 0 Å². The molecule has 0 aliphatic carbocycles. The molecule has 158 valence electrons. The highest BCUT2D eigenvalue weighted by Crippen LogP contribution is 2.17. The molecule has 1 aliphatic rings. The van der Waals surface area contributed by atoms with Gasteiger partial charge in [-0.2, -0.15) is 0 Å². The van der Waals surface area contributed by atoms with Gasteiger partial charge in [-0.1, -0.05) is 18.2 Å². The molecule has 0 spiro atoms. The van der Waals surface area contributed by atoms with Gasteiger partial charge in [0.2, 0.25) is 5.95 Å². The molecule has 0 bridgehead atoms. The molecule has 30 heavy (non-hydrogen) atoms. The summed E-state index contributed by atoms with van der Waals surface area (Å²) in [6.45, 7) is 6.67. The van der Waals surface area contributed by atoms with Gasteiger partial charge < -0.3 is 20.5 Å². The molecule has 2 aromatic heterocycles. The van der Waals surface area contributed by atoms with Crippen LogP contribution in [0.1, 0.15) is 5.56 Å². The Morgan fingerprint density at radius 3 is 2.60 bits per heavy atom. The van der Waals surface area contributed by atoms with Gasteiger partial charge >= 0.3 is 0 Å². The number of fused-ring (bicyclic) bond motifs is 1. The molecule has 8 nitrogen and oxygen atoms in total. The highest BCUT2D eigenvalue weighted by molar-refractivity contribution is 5.83. The van der Waals surface area contributed by atoms with E-state index in [0.717, 1.165) is 64.1 Å². The SMILES string of the molecule is CN=C(NCCc1c[nH]c2ccccc12)NCCN1CCN(c2ncccn2)CC1. The van der Waals surface area contributed by atoms with Crippen molar-refractivity contribution < 1.29 is 0 Å². The Balaban J connectivity index is 1.15. The molecule has 8 heteroatoms. The van der Waals surface area contributed by atoms with Gasteiger partial charge in [-0.3, -0.25) is 9.89 Å². The minimum absolute atomic E-state index is 0.829. The maximum Gasteiger partial charge on any atom is 0.225 e. The molecule has 0 unspecified atom stereocenters. The monoisotopic (exact) mass is 406 g/mol. The van der Waals surface area contributed by atoms with E-state index in [0.29, 0.717) is 0 Å². The van der Waals surface area contributed by atoms with E-state index in [4.69, 9.17) is 0 Å². The molecule has 0 saturated carbocycles. The number of aromatic amines is 1. The van der Waals surface area contributed by atoms with Crippen LogP contribution >= 0.6 is 0 Å². The highest BCUT2D eigenvalue weighted by Gasteiger charge is 2.18. The average molecular weight is 407 g/mol. The third-order valence-electron chi connectivity index (χ3n) is 5.51. The van der Waals surface area contributed by atoms with Crippen LogP contribution < -0.4 is 15.5 Å². The first-order valence-electron chi connectivity index (χ1n) is 10.6. The molecule has 3 heterocycles. The molecule has 1 aromatic carbocycles. The number of hydrogen-bond donors (Lipinski definition) is 3. The van der Waals surface area contributed by atoms with Crippen molar-refractivity contribution in [2.45, 2.75) is 6.42 Å². The smallest absolute Gasteiger partial charge is 0.225 e. The molecule has 3 N–H and O–H groups in total. The van der Waals surface area contributed by atoms with E-state index < -0.39 is 0 Å². The van der Waals surface area contributed by atoms with Crippen molar-refractivity contribution in [3.63, 3.8) is 0 Å². The van der Waals surface area contributed by atoms with Gasteiger partial charge in [-0.25, -0.2) is 9.97 Å². The fraction of sp³-hybridized carbons (Fsp3) is 0.409. The van der Waals surface area contributed by atoms with E-state index in [9.17, 15) is 0 Å². The Morgan fingerprint density at radius 1 is 1.03 bits per heavy atom. The van der Waals surface area contributed by atoms with Crippen molar-refractivity contribution in [3.8, 4) is 0 Å². The molecule has 0 amide bonds. The van der Waals surface area contributed by atoms with Crippen molar-refractivity contribution in [3.05, 3.63) is 54.5 Å². The number of aliphatic imine (C=N–C) groups is 1. The normalized spacial score (nSPS) is 15.5. The largest absolute Gasteiger partial charge is 0.361 e. The topological polar surface area (TPSA) is 84.5 Å². The number of nitrogens with one attached hydrogen (secondary N) is 3. The van der Waals surface area contributed by atoms with Crippen molar-refractivity contribution in [2.75, 3.05) is 57.8 Å². The summed E-state index contributed by atoms with van der Waals surface area (Å²) in [7, 11) is 1.82. The summed E-state index contributed by atoms with van der Waals surface area (Å²) in [4.78, 5) is 21.1. The lowest BCUT2D eigenvalue weighted by Crippen LogP contribution is -2.49. The van der Waals surface area contributed by atoms with Crippen LogP contribution in [0.3, 0.4) is 0 Å². The molecule has 1 fully saturated rings. The number of piperazine rings is 1. The summed E-state index contributed by atoms with van der Waals surface area (Å²) in [5, 5.41) is 8.14. The van der Waals surface area contributed by atoms with Crippen LogP contribution in [0.5, 0.6) is 0 Å². The second-order valence-electron chi connectivity index (χ2n) is 7.41. The maximum absolute atomic E-state index is 4.35. The minimum Gasteiger partial charge on any atom is -0.361 e. The molecule has 0 radical (unpaired) electrons. The minimum atomic E-state index is 0.829. The van der Waals surface area contributed by atoms with Crippen LogP contribution in [0.4, 0.5) is 5.95 Å². The quantitative estimate of drug-likeness (QED) is 0.407. The van der Waals surface area contributed by atoms with E-state index in [1.165, 1.54) is 16.5 Å². The number of H-pyrrole nitrogens is 1. The van der Waals surface area contributed by atoms with Gasteiger partial charge in [0.15, 0.2) is 5.96 Å². The zero-order chi connectivity index (χ0) is 20.6. The van der Waals surface area contributed by atoms with E-state index >= 15 is 0 Å². The van der Waals surface area contributed by atoms with Crippen LogP contribution in [-0.2, 0) is 6.42 Å². The second-order valence-corrected chi connectivity index (χ2v) is 7.41. The predicted molar refractivity (Wildman–Crippen MR) is 122 cm³/mol. The van der Waals surface area contributed by atoms with Crippen molar-refractivity contribution in [1.82, 2.24) is 30.5 Å². The number of hydrogen-bond acceptors (Lipinski definition) is 5. The summed E-state index contributed by atoms with van der Waals surface area (Å²) < 4.78 is 0. The average Bonchev–Trinajstić information content (AvgIpc) is 3.22. The lowest BCUT2D eigenvalue weighted by molar-refractivity contribution is 0.260. The zero-order valence-corrected chi connectivity index (χ0v) is 17.5. The molecular formula is C22H30N8. The molecular weight excluding hydrogens is 376 g/mol. The number of guanidine groups is 1.